The molecule has 0 saturated heterocycles. The molecule has 4 heteroatoms. The van der Waals surface area contributed by atoms with Crippen LogP contribution in [0.15, 0.2) is 66.7 Å². The van der Waals surface area contributed by atoms with Crippen LogP contribution in [-0.4, -0.2) is 18.2 Å². The molecular formula is C31H35N2O2+. The zero-order valence-corrected chi connectivity index (χ0v) is 20.8. The Bertz CT molecular complexity index is 1340. The number of fused-ring (bicyclic) bond motifs is 3. The van der Waals surface area contributed by atoms with Crippen LogP contribution >= 0.6 is 0 Å². The Morgan fingerprint density at radius 2 is 1.83 bits per heavy atom. The summed E-state index contributed by atoms with van der Waals surface area (Å²) in [6.45, 7) is 6.10. The maximum atomic E-state index is 6.22. The smallest absolute Gasteiger partial charge is 0.162 e. The van der Waals surface area contributed by atoms with Gasteiger partial charge in [0.2, 0.25) is 0 Å². The SMILES string of the molecule is COc1ccc(C[NH+]2CCCn3c4c(c5cc(C)ccc53)CCC[C@@H]42)cc1OCc1ccccc1. The molecule has 0 spiro atoms. The van der Waals surface area contributed by atoms with Gasteiger partial charge < -0.3 is 18.9 Å². The van der Waals surface area contributed by atoms with E-state index in [0.29, 0.717) is 12.6 Å². The fourth-order valence-electron chi connectivity index (χ4n) is 6.27. The summed E-state index contributed by atoms with van der Waals surface area (Å²) in [4.78, 5) is 1.68. The fraction of sp³-hybridized carbons (Fsp3) is 0.355. The number of rotatable bonds is 6. The number of benzene rings is 3. The monoisotopic (exact) mass is 467 g/mol. The lowest BCUT2D eigenvalue weighted by Gasteiger charge is -2.31. The van der Waals surface area contributed by atoms with Crippen molar-refractivity contribution in [3.63, 3.8) is 0 Å². The lowest BCUT2D eigenvalue weighted by molar-refractivity contribution is -0.945. The summed E-state index contributed by atoms with van der Waals surface area (Å²) >= 11 is 0. The summed E-state index contributed by atoms with van der Waals surface area (Å²) in [6, 6.07) is 24.4. The van der Waals surface area contributed by atoms with Crippen LogP contribution in [0.1, 0.15) is 53.3 Å². The lowest BCUT2D eigenvalue weighted by atomic mass is 9.90. The van der Waals surface area contributed by atoms with E-state index in [2.05, 4.69) is 60.0 Å². The molecule has 4 aromatic rings. The van der Waals surface area contributed by atoms with Gasteiger partial charge in [-0.1, -0.05) is 42.0 Å². The van der Waals surface area contributed by atoms with E-state index in [-0.39, 0.29) is 0 Å². The van der Waals surface area contributed by atoms with E-state index in [1.807, 2.05) is 18.2 Å². The number of nitrogens with zero attached hydrogens (tertiary/aromatic N) is 1. The molecule has 2 heterocycles. The molecule has 0 bridgehead atoms. The maximum Gasteiger partial charge on any atom is 0.162 e. The van der Waals surface area contributed by atoms with Gasteiger partial charge in [0.15, 0.2) is 11.5 Å². The van der Waals surface area contributed by atoms with Crippen molar-refractivity contribution in [2.24, 2.45) is 0 Å². The number of aromatic nitrogens is 1. The highest BCUT2D eigenvalue weighted by atomic mass is 16.5. The quantitative estimate of drug-likeness (QED) is 0.411. The normalized spacial score (nSPS) is 19.3. The van der Waals surface area contributed by atoms with E-state index >= 15 is 0 Å². The number of hydrogen-bond acceptors (Lipinski definition) is 2. The standard InChI is InChI=1S/C31H34N2O2/c1-22-12-14-27-26(18-22)25-10-6-11-28-31(25)33(27)17-7-16-32(28)20-24-13-15-29(34-2)30(19-24)35-21-23-8-4-3-5-9-23/h3-5,8-9,12-15,18-19,28H,6-7,10-11,16-17,20-21H2,1-2H3/p+1/t28-/m0/s1. The van der Waals surface area contributed by atoms with Gasteiger partial charge in [0.25, 0.3) is 0 Å². The number of quaternary nitrogens is 1. The second kappa shape index (κ2) is 9.43. The summed E-state index contributed by atoms with van der Waals surface area (Å²) in [5, 5.41) is 1.49. The molecule has 0 radical (unpaired) electrons. The Kier molecular flexibility index (Phi) is 5.99. The predicted octanol–water partition coefficient (Wildman–Crippen LogP) is 5.40. The van der Waals surface area contributed by atoms with E-state index in [1.54, 1.807) is 23.3 Å². The molecule has 2 aliphatic rings. The predicted molar refractivity (Wildman–Crippen MR) is 140 cm³/mol. The Morgan fingerprint density at radius 3 is 2.69 bits per heavy atom. The first kappa shape index (κ1) is 22.2. The van der Waals surface area contributed by atoms with Crippen LogP contribution < -0.4 is 14.4 Å². The van der Waals surface area contributed by atoms with Crippen molar-refractivity contribution in [3.05, 3.63) is 94.7 Å². The van der Waals surface area contributed by atoms with Crippen LogP contribution in [0.4, 0.5) is 0 Å². The fourth-order valence-corrected chi connectivity index (χ4v) is 6.27. The van der Waals surface area contributed by atoms with Crippen molar-refractivity contribution in [2.45, 2.75) is 58.3 Å². The minimum atomic E-state index is 0.544. The lowest BCUT2D eigenvalue weighted by Crippen LogP contribution is -3.11. The van der Waals surface area contributed by atoms with Crippen molar-refractivity contribution < 1.29 is 14.4 Å². The van der Waals surface area contributed by atoms with E-state index in [0.717, 1.165) is 30.2 Å². The molecule has 1 N–H and O–H groups in total. The Morgan fingerprint density at radius 1 is 0.943 bits per heavy atom. The maximum absolute atomic E-state index is 6.22. The first-order valence-corrected chi connectivity index (χ1v) is 13.0. The average Bonchev–Trinajstić information content (AvgIpc) is 3.08. The number of methoxy groups -OCH3 is 1. The third kappa shape index (κ3) is 4.21. The van der Waals surface area contributed by atoms with Gasteiger partial charge in [-0.2, -0.15) is 0 Å². The highest BCUT2D eigenvalue weighted by Gasteiger charge is 2.36. The first-order valence-electron chi connectivity index (χ1n) is 13.0. The minimum absolute atomic E-state index is 0.544. The van der Waals surface area contributed by atoms with Crippen LogP contribution in [0.3, 0.4) is 0 Å². The van der Waals surface area contributed by atoms with Gasteiger partial charge in [0, 0.05) is 35.9 Å². The summed E-state index contributed by atoms with van der Waals surface area (Å²) in [5.74, 6) is 1.63. The molecule has 1 unspecified atom stereocenters. The van der Waals surface area contributed by atoms with Gasteiger partial charge in [0.1, 0.15) is 19.2 Å². The first-order chi connectivity index (χ1) is 17.2. The Hall–Kier alpha value is -3.24. The van der Waals surface area contributed by atoms with Crippen LogP contribution in [0.25, 0.3) is 10.9 Å². The molecule has 2 atom stereocenters. The van der Waals surface area contributed by atoms with Gasteiger partial charge in [-0.3, -0.25) is 0 Å². The van der Waals surface area contributed by atoms with Gasteiger partial charge in [-0.15, -0.1) is 0 Å². The molecule has 6 rings (SSSR count). The van der Waals surface area contributed by atoms with Crippen molar-refractivity contribution in [1.29, 1.82) is 0 Å². The van der Waals surface area contributed by atoms with E-state index in [9.17, 15) is 0 Å². The highest BCUT2D eigenvalue weighted by Crippen LogP contribution is 2.38. The Balaban J connectivity index is 1.29. The molecule has 1 aromatic heterocycles. The molecule has 1 aliphatic heterocycles. The molecular weight excluding hydrogens is 432 g/mol. The highest BCUT2D eigenvalue weighted by molar-refractivity contribution is 5.86. The van der Waals surface area contributed by atoms with Crippen molar-refractivity contribution >= 4 is 10.9 Å². The molecule has 35 heavy (non-hydrogen) atoms. The van der Waals surface area contributed by atoms with Crippen LogP contribution in [0.2, 0.25) is 0 Å². The van der Waals surface area contributed by atoms with E-state index in [4.69, 9.17) is 9.47 Å². The molecule has 180 valence electrons. The van der Waals surface area contributed by atoms with E-state index in [1.165, 1.54) is 54.3 Å². The number of nitrogens with one attached hydrogen (secondary N) is 1. The molecule has 0 fully saturated rings. The van der Waals surface area contributed by atoms with Gasteiger partial charge in [-0.25, -0.2) is 0 Å². The largest absolute Gasteiger partial charge is 0.493 e. The molecule has 4 nitrogen and oxygen atoms in total. The molecule has 0 saturated carbocycles. The van der Waals surface area contributed by atoms with Crippen molar-refractivity contribution in [2.75, 3.05) is 13.7 Å². The topological polar surface area (TPSA) is 27.8 Å². The van der Waals surface area contributed by atoms with Crippen molar-refractivity contribution in [3.8, 4) is 11.5 Å². The van der Waals surface area contributed by atoms with Crippen LogP contribution in [0.5, 0.6) is 11.5 Å². The summed E-state index contributed by atoms with van der Waals surface area (Å²) in [5.41, 5.74) is 8.50. The van der Waals surface area contributed by atoms with Gasteiger partial charge >= 0.3 is 0 Å². The molecule has 0 amide bonds. The molecule has 1 aliphatic carbocycles. The zero-order chi connectivity index (χ0) is 23.8. The third-order valence-electron chi connectivity index (χ3n) is 7.89. The van der Waals surface area contributed by atoms with E-state index < -0.39 is 0 Å². The summed E-state index contributed by atoms with van der Waals surface area (Å²) in [7, 11) is 1.72. The number of hydrogen-bond donors (Lipinski definition) is 1. The second-order valence-corrected chi connectivity index (χ2v) is 10.2. The number of aryl methyl sites for hydroxylation is 3. The molecule has 3 aromatic carbocycles. The average molecular weight is 468 g/mol. The third-order valence-corrected chi connectivity index (χ3v) is 7.89. The second-order valence-electron chi connectivity index (χ2n) is 10.2. The van der Waals surface area contributed by atoms with Crippen molar-refractivity contribution in [1.82, 2.24) is 4.57 Å². The van der Waals surface area contributed by atoms with Gasteiger partial charge in [0.05, 0.1) is 19.3 Å². The summed E-state index contributed by atoms with van der Waals surface area (Å²) < 4.78 is 14.5. The van der Waals surface area contributed by atoms with Crippen LogP contribution in [-0.2, 0) is 26.1 Å². The Labute approximate surface area is 208 Å². The number of ether oxygens (including phenoxy) is 2. The van der Waals surface area contributed by atoms with Crippen LogP contribution in [0, 0.1) is 6.92 Å². The minimum Gasteiger partial charge on any atom is -0.493 e. The van der Waals surface area contributed by atoms with Gasteiger partial charge in [-0.05, 0) is 61.2 Å². The summed E-state index contributed by atoms with van der Waals surface area (Å²) in [6.07, 6.45) is 4.98. The zero-order valence-electron chi connectivity index (χ0n) is 20.8.